The molecule has 1 heteroatoms. The smallest absolute Gasteiger partial charge is 0.0791 e. The van der Waals surface area contributed by atoms with Crippen LogP contribution in [0.1, 0.15) is 77.6 Å². The van der Waals surface area contributed by atoms with Crippen molar-refractivity contribution in [3.63, 3.8) is 0 Å². The topological polar surface area (TPSA) is 20.2 Å². The average molecular weight is 264 g/mol. The van der Waals surface area contributed by atoms with Gasteiger partial charge in [-0.1, -0.05) is 89.0 Å². The van der Waals surface area contributed by atoms with Gasteiger partial charge < -0.3 is 5.11 Å². The van der Waals surface area contributed by atoms with Crippen molar-refractivity contribution in [1.82, 2.24) is 0 Å². The molecular formula is C18H32O. The summed E-state index contributed by atoms with van der Waals surface area (Å²) in [7, 11) is 0. The summed E-state index contributed by atoms with van der Waals surface area (Å²) in [5.41, 5.74) is 0. The molecule has 0 fully saturated rings. The predicted molar refractivity (Wildman–Crippen MR) is 86.5 cm³/mol. The summed E-state index contributed by atoms with van der Waals surface area (Å²) in [6, 6.07) is 0. The van der Waals surface area contributed by atoms with E-state index in [0.29, 0.717) is 0 Å². The van der Waals surface area contributed by atoms with E-state index < -0.39 is 0 Å². The quantitative estimate of drug-likeness (QED) is 0.229. The van der Waals surface area contributed by atoms with Gasteiger partial charge in [0.1, 0.15) is 0 Å². The largest absolute Gasteiger partial charge is 0.516 e. The molecule has 0 saturated heterocycles. The lowest BCUT2D eigenvalue weighted by Crippen LogP contribution is -1.81. The molecule has 0 unspecified atom stereocenters. The van der Waals surface area contributed by atoms with E-state index >= 15 is 0 Å². The van der Waals surface area contributed by atoms with Crippen molar-refractivity contribution < 1.29 is 5.11 Å². The van der Waals surface area contributed by atoms with Crippen LogP contribution in [0.25, 0.3) is 0 Å². The number of unbranched alkanes of at least 4 members (excludes halogenated alkanes) is 10. The van der Waals surface area contributed by atoms with E-state index in [4.69, 9.17) is 5.11 Å². The second kappa shape index (κ2) is 17.0. The first-order valence-corrected chi connectivity index (χ1v) is 8.04. The highest BCUT2D eigenvalue weighted by molar-refractivity contribution is 5.09. The molecular weight excluding hydrogens is 232 g/mol. The molecule has 0 bridgehead atoms. The number of rotatable bonds is 13. The maximum atomic E-state index is 8.41. The number of hydrogen-bond acceptors (Lipinski definition) is 1. The molecule has 0 spiro atoms. The summed E-state index contributed by atoms with van der Waals surface area (Å²) in [4.78, 5) is 0. The fourth-order valence-corrected chi connectivity index (χ4v) is 2.10. The van der Waals surface area contributed by atoms with E-state index in [2.05, 4.69) is 13.0 Å². The molecule has 0 rings (SSSR count). The highest BCUT2D eigenvalue weighted by Crippen LogP contribution is 2.11. The lowest BCUT2D eigenvalue weighted by Gasteiger charge is -2.01. The van der Waals surface area contributed by atoms with Crippen molar-refractivity contribution in [2.45, 2.75) is 77.6 Å². The Bertz CT molecular complexity index is 238. The normalized spacial score (nSPS) is 12.3. The molecule has 19 heavy (non-hydrogen) atoms. The van der Waals surface area contributed by atoms with Crippen LogP contribution in [0.15, 0.2) is 36.6 Å². The predicted octanol–water partition coefficient (Wildman–Crippen LogP) is 6.48. The third-order valence-corrected chi connectivity index (χ3v) is 3.28. The van der Waals surface area contributed by atoms with Crippen LogP contribution in [0.3, 0.4) is 0 Å². The molecule has 0 aromatic carbocycles. The maximum Gasteiger partial charge on any atom is 0.0791 e. The van der Waals surface area contributed by atoms with Crippen LogP contribution >= 0.6 is 0 Å². The number of allylic oxidation sites excluding steroid dienone is 5. The highest BCUT2D eigenvalue weighted by atomic mass is 16.2. The van der Waals surface area contributed by atoms with Gasteiger partial charge in [-0.25, -0.2) is 0 Å². The Morgan fingerprint density at radius 3 is 1.74 bits per heavy atom. The average Bonchev–Trinajstić information content (AvgIpc) is 2.43. The Balaban J connectivity index is 3.10. The third kappa shape index (κ3) is 17.0. The summed E-state index contributed by atoms with van der Waals surface area (Å²) in [5, 5.41) is 8.41. The van der Waals surface area contributed by atoms with Gasteiger partial charge in [-0.3, -0.25) is 0 Å². The zero-order valence-corrected chi connectivity index (χ0v) is 12.7. The molecule has 0 aliphatic heterocycles. The standard InChI is InChI=1S/C18H32O/c1-2-3-4-5-6-7-8-9-10-11-12-13-14-15-16-17-18-19/h13-19H,2-12H2,1H3/b14-13?,16-15+,18-17+. The highest BCUT2D eigenvalue weighted by Gasteiger charge is 1.91. The molecule has 0 radical (unpaired) electrons. The van der Waals surface area contributed by atoms with Crippen LogP contribution in [0.4, 0.5) is 0 Å². The second-order valence-corrected chi connectivity index (χ2v) is 5.13. The molecule has 1 nitrogen and oxygen atoms in total. The number of aliphatic hydroxyl groups is 1. The summed E-state index contributed by atoms with van der Waals surface area (Å²) in [6.45, 7) is 2.27. The zero-order valence-electron chi connectivity index (χ0n) is 12.7. The summed E-state index contributed by atoms with van der Waals surface area (Å²) in [6.07, 6.45) is 25.8. The number of hydrogen-bond donors (Lipinski definition) is 1. The Kier molecular flexibility index (Phi) is 16.1. The fourth-order valence-electron chi connectivity index (χ4n) is 2.10. The minimum atomic E-state index is 1.05. The summed E-state index contributed by atoms with van der Waals surface area (Å²) < 4.78 is 0. The van der Waals surface area contributed by atoms with Crippen molar-refractivity contribution >= 4 is 0 Å². The Morgan fingerprint density at radius 1 is 0.632 bits per heavy atom. The monoisotopic (exact) mass is 264 g/mol. The first-order valence-electron chi connectivity index (χ1n) is 8.04. The lowest BCUT2D eigenvalue weighted by atomic mass is 10.1. The van der Waals surface area contributed by atoms with Gasteiger partial charge in [-0.15, -0.1) is 0 Å². The zero-order chi connectivity index (χ0) is 14.0. The molecule has 0 aromatic rings. The van der Waals surface area contributed by atoms with Crippen LogP contribution in [-0.2, 0) is 0 Å². The molecule has 110 valence electrons. The maximum absolute atomic E-state index is 8.41. The van der Waals surface area contributed by atoms with E-state index in [-0.39, 0.29) is 0 Å². The van der Waals surface area contributed by atoms with Gasteiger partial charge in [-0.2, -0.15) is 0 Å². The molecule has 0 aromatic heterocycles. The molecule has 1 N–H and O–H groups in total. The molecule has 0 aliphatic rings. The van der Waals surface area contributed by atoms with Gasteiger partial charge in [0.2, 0.25) is 0 Å². The summed E-state index contributed by atoms with van der Waals surface area (Å²) in [5.74, 6) is 0. The lowest BCUT2D eigenvalue weighted by molar-refractivity contribution is 0.474. The molecule has 0 heterocycles. The van der Waals surface area contributed by atoms with Crippen LogP contribution in [-0.4, -0.2) is 5.11 Å². The van der Waals surface area contributed by atoms with Crippen LogP contribution < -0.4 is 0 Å². The van der Waals surface area contributed by atoms with Crippen molar-refractivity contribution in [2.24, 2.45) is 0 Å². The molecule has 0 saturated carbocycles. The third-order valence-electron chi connectivity index (χ3n) is 3.28. The van der Waals surface area contributed by atoms with Crippen molar-refractivity contribution in [3.05, 3.63) is 36.6 Å². The van der Waals surface area contributed by atoms with Gasteiger partial charge >= 0.3 is 0 Å². The minimum Gasteiger partial charge on any atom is -0.516 e. The van der Waals surface area contributed by atoms with Crippen LogP contribution in [0.5, 0.6) is 0 Å². The molecule has 0 aliphatic carbocycles. The van der Waals surface area contributed by atoms with E-state index in [1.54, 1.807) is 6.08 Å². The summed E-state index contributed by atoms with van der Waals surface area (Å²) >= 11 is 0. The van der Waals surface area contributed by atoms with Crippen molar-refractivity contribution in [1.29, 1.82) is 0 Å². The van der Waals surface area contributed by atoms with Gasteiger partial charge in [0.25, 0.3) is 0 Å². The first-order chi connectivity index (χ1) is 9.41. The Morgan fingerprint density at radius 2 is 1.16 bits per heavy atom. The SMILES string of the molecule is CCCCCCCCCCCCC=C/C=C/C=C/O. The Labute approximate surface area is 120 Å². The number of aliphatic hydroxyl groups excluding tert-OH is 1. The first kappa shape index (κ1) is 18.0. The minimum absolute atomic E-state index is 1.05. The van der Waals surface area contributed by atoms with Crippen molar-refractivity contribution in [3.8, 4) is 0 Å². The van der Waals surface area contributed by atoms with E-state index in [9.17, 15) is 0 Å². The second-order valence-electron chi connectivity index (χ2n) is 5.13. The van der Waals surface area contributed by atoms with Crippen LogP contribution in [0.2, 0.25) is 0 Å². The van der Waals surface area contributed by atoms with Gasteiger partial charge in [-0.05, 0) is 18.9 Å². The van der Waals surface area contributed by atoms with Gasteiger partial charge in [0.15, 0.2) is 0 Å². The Hall–Kier alpha value is -0.980. The van der Waals surface area contributed by atoms with Gasteiger partial charge in [0.05, 0.1) is 6.26 Å². The van der Waals surface area contributed by atoms with E-state index in [1.165, 1.54) is 70.6 Å². The molecule has 0 amide bonds. The van der Waals surface area contributed by atoms with Crippen LogP contribution in [0, 0.1) is 0 Å². The fraction of sp³-hybridized carbons (Fsp3) is 0.667. The van der Waals surface area contributed by atoms with E-state index in [0.717, 1.165) is 6.26 Å². The van der Waals surface area contributed by atoms with Gasteiger partial charge in [0, 0.05) is 0 Å². The molecule has 0 atom stereocenters. The van der Waals surface area contributed by atoms with E-state index in [1.807, 2.05) is 18.2 Å². The van der Waals surface area contributed by atoms with Crippen molar-refractivity contribution in [2.75, 3.05) is 0 Å².